The maximum Gasteiger partial charge on any atom is 0.119 e. The molecule has 0 bridgehead atoms. The van der Waals surface area contributed by atoms with Crippen LogP contribution in [0.2, 0.25) is 0 Å². The van der Waals surface area contributed by atoms with Crippen molar-refractivity contribution in [2.45, 2.75) is 19.8 Å². The van der Waals surface area contributed by atoms with Gasteiger partial charge in [-0.25, -0.2) is 0 Å². The monoisotopic (exact) mass is 243 g/mol. The van der Waals surface area contributed by atoms with E-state index in [0.29, 0.717) is 6.61 Å². The fourth-order valence-corrected chi connectivity index (χ4v) is 1.99. The number of rotatable bonds is 5. The normalized spacial score (nSPS) is 15.1. The molecule has 0 radical (unpaired) electrons. The van der Waals surface area contributed by atoms with Gasteiger partial charge in [-0.2, -0.15) is 0 Å². The zero-order chi connectivity index (χ0) is 12.8. The van der Waals surface area contributed by atoms with Gasteiger partial charge in [0.25, 0.3) is 0 Å². The summed E-state index contributed by atoms with van der Waals surface area (Å²) in [4.78, 5) is 0. The van der Waals surface area contributed by atoms with Crippen LogP contribution in [-0.4, -0.2) is 19.7 Å². The lowest BCUT2D eigenvalue weighted by molar-refractivity contribution is 0.322. The molecule has 2 rings (SSSR count). The molecule has 0 saturated carbocycles. The van der Waals surface area contributed by atoms with Gasteiger partial charge in [0.1, 0.15) is 5.75 Å². The summed E-state index contributed by atoms with van der Waals surface area (Å²) in [6.07, 6.45) is 4.29. The van der Waals surface area contributed by atoms with Gasteiger partial charge in [0.2, 0.25) is 0 Å². The van der Waals surface area contributed by atoms with Gasteiger partial charge in [-0.1, -0.05) is 23.8 Å². The predicted molar refractivity (Wildman–Crippen MR) is 76.8 cm³/mol. The third-order valence-corrected chi connectivity index (χ3v) is 3.09. The van der Waals surface area contributed by atoms with Crippen LogP contribution in [0.25, 0.3) is 5.57 Å². The highest BCUT2D eigenvalue weighted by atomic mass is 16.5. The fraction of sp³-hybridized carbons (Fsp3) is 0.375. The minimum Gasteiger partial charge on any atom is -0.493 e. The molecule has 1 aliphatic heterocycles. The third kappa shape index (κ3) is 3.74. The second kappa shape index (κ2) is 6.41. The van der Waals surface area contributed by atoms with Crippen LogP contribution in [0.4, 0.5) is 0 Å². The first-order valence-corrected chi connectivity index (χ1v) is 6.53. The summed E-state index contributed by atoms with van der Waals surface area (Å²) in [5.74, 6) is 0.939. The average Bonchev–Trinajstić information content (AvgIpc) is 2.40. The molecular formula is C16H21NO. The molecule has 2 nitrogen and oxygen atoms in total. The molecule has 0 unspecified atom stereocenters. The van der Waals surface area contributed by atoms with Crippen molar-refractivity contribution in [3.05, 3.63) is 48.1 Å². The highest BCUT2D eigenvalue weighted by molar-refractivity contribution is 5.67. The molecule has 0 saturated heterocycles. The topological polar surface area (TPSA) is 21.3 Å². The molecule has 0 fully saturated rings. The molecule has 1 aromatic rings. The number of hydrogen-bond donors (Lipinski definition) is 1. The van der Waals surface area contributed by atoms with E-state index >= 15 is 0 Å². The Labute approximate surface area is 109 Å². The van der Waals surface area contributed by atoms with Crippen LogP contribution in [0, 0.1) is 0 Å². The lowest BCUT2D eigenvalue weighted by Crippen LogP contribution is -2.19. The summed E-state index contributed by atoms with van der Waals surface area (Å²) in [5.41, 5.74) is 3.90. The zero-order valence-electron chi connectivity index (χ0n) is 11.0. The Morgan fingerprint density at radius 1 is 1.33 bits per heavy atom. The van der Waals surface area contributed by atoms with Gasteiger partial charge in [-0.15, -0.1) is 6.58 Å². The summed E-state index contributed by atoms with van der Waals surface area (Å²) in [7, 11) is 0. The second-order valence-corrected chi connectivity index (χ2v) is 4.76. The van der Waals surface area contributed by atoms with Crippen LogP contribution in [0.15, 0.2) is 42.5 Å². The van der Waals surface area contributed by atoms with E-state index in [1.54, 1.807) is 0 Å². The van der Waals surface area contributed by atoms with Crippen molar-refractivity contribution >= 4 is 5.57 Å². The van der Waals surface area contributed by atoms with Crippen LogP contribution in [-0.2, 0) is 0 Å². The quantitative estimate of drug-likeness (QED) is 0.800. The molecule has 1 aliphatic rings. The third-order valence-electron chi connectivity index (χ3n) is 3.09. The lowest BCUT2D eigenvalue weighted by Gasteiger charge is -2.14. The maximum absolute atomic E-state index is 5.67. The Bertz CT molecular complexity index is 431. The van der Waals surface area contributed by atoms with Gasteiger partial charge in [0.15, 0.2) is 0 Å². The van der Waals surface area contributed by atoms with Crippen molar-refractivity contribution in [1.29, 1.82) is 0 Å². The Hall–Kier alpha value is -1.54. The Balaban J connectivity index is 1.92. The van der Waals surface area contributed by atoms with Crippen molar-refractivity contribution in [3.8, 4) is 5.75 Å². The number of hydrogen-bond acceptors (Lipinski definition) is 2. The molecule has 0 aliphatic carbocycles. The van der Waals surface area contributed by atoms with Crippen molar-refractivity contribution in [2.24, 2.45) is 0 Å². The van der Waals surface area contributed by atoms with E-state index in [1.165, 1.54) is 11.1 Å². The highest BCUT2D eigenvalue weighted by Gasteiger charge is 2.05. The van der Waals surface area contributed by atoms with Crippen molar-refractivity contribution in [1.82, 2.24) is 5.32 Å². The first kappa shape index (κ1) is 12.9. The number of ether oxygens (including phenoxy) is 1. The van der Waals surface area contributed by atoms with E-state index < -0.39 is 0 Å². The van der Waals surface area contributed by atoms with Crippen molar-refractivity contribution in [2.75, 3.05) is 19.7 Å². The van der Waals surface area contributed by atoms with Crippen LogP contribution >= 0.6 is 0 Å². The smallest absolute Gasteiger partial charge is 0.119 e. The number of nitrogens with one attached hydrogen (secondary N) is 1. The molecule has 1 aromatic carbocycles. The Kier molecular flexibility index (Phi) is 4.59. The summed E-state index contributed by atoms with van der Waals surface area (Å²) >= 11 is 0. The molecular weight excluding hydrogens is 222 g/mol. The molecule has 2 heteroatoms. The second-order valence-electron chi connectivity index (χ2n) is 4.76. The van der Waals surface area contributed by atoms with E-state index in [0.717, 1.165) is 37.3 Å². The minimum absolute atomic E-state index is 0.710. The molecule has 0 spiro atoms. The predicted octanol–water partition coefficient (Wildman–Crippen LogP) is 3.41. The summed E-state index contributed by atoms with van der Waals surface area (Å²) in [6.45, 7) is 8.65. The summed E-state index contributed by atoms with van der Waals surface area (Å²) in [5, 5.41) is 3.32. The van der Waals surface area contributed by atoms with Crippen LogP contribution in [0.5, 0.6) is 5.75 Å². The summed E-state index contributed by atoms with van der Waals surface area (Å²) < 4.78 is 5.67. The largest absolute Gasteiger partial charge is 0.493 e. The van der Waals surface area contributed by atoms with E-state index in [9.17, 15) is 0 Å². The average molecular weight is 243 g/mol. The van der Waals surface area contributed by atoms with Crippen LogP contribution in [0.1, 0.15) is 25.3 Å². The van der Waals surface area contributed by atoms with Gasteiger partial charge in [0.05, 0.1) is 6.61 Å². The minimum atomic E-state index is 0.710. The van der Waals surface area contributed by atoms with Gasteiger partial charge in [-0.05, 0) is 43.2 Å². The van der Waals surface area contributed by atoms with E-state index in [1.807, 2.05) is 6.92 Å². The standard InChI is InChI=1S/C16H21NO/c1-13(2)9-12-18-16-5-3-14(4-6-16)15-7-10-17-11-8-15/h3-7,17H,1,8-12H2,2H3. The fourth-order valence-electron chi connectivity index (χ4n) is 1.99. The molecule has 0 atom stereocenters. The zero-order valence-corrected chi connectivity index (χ0v) is 11.0. The van der Waals surface area contributed by atoms with Crippen LogP contribution in [0.3, 0.4) is 0 Å². The van der Waals surface area contributed by atoms with E-state index in [2.05, 4.69) is 42.2 Å². The molecule has 0 amide bonds. The number of benzene rings is 1. The van der Waals surface area contributed by atoms with Crippen molar-refractivity contribution in [3.63, 3.8) is 0 Å². The molecule has 96 valence electrons. The van der Waals surface area contributed by atoms with Gasteiger partial charge in [0, 0.05) is 13.0 Å². The van der Waals surface area contributed by atoms with Crippen LogP contribution < -0.4 is 10.1 Å². The van der Waals surface area contributed by atoms with E-state index in [4.69, 9.17) is 4.74 Å². The first-order valence-electron chi connectivity index (χ1n) is 6.53. The Morgan fingerprint density at radius 3 is 2.72 bits per heavy atom. The van der Waals surface area contributed by atoms with Crippen molar-refractivity contribution < 1.29 is 4.74 Å². The molecule has 1 N–H and O–H groups in total. The maximum atomic E-state index is 5.67. The molecule has 0 aromatic heterocycles. The Morgan fingerprint density at radius 2 is 2.11 bits per heavy atom. The first-order chi connectivity index (χ1) is 8.75. The van der Waals surface area contributed by atoms with E-state index in [-0.39, 0.29) is 0 Å². The van der Waals surface area contributed by atoms with Gasteiger partial charge < -0.3 is 10.1 Å². The molecule has 18 heavy (non-hydrogen) atoms. The van der Waals surface area contributed by atoms with Gasteiger partial charge in [-0.3, -0.25) is 0 Å². The molecule has 1 heterocycles. The SMILES string of the molecule is C=C(C)CCOc1ccc(C2=CCNCC2)cc1. The summed E-state index contributed by atoms with van der Waals surface area (Å²) in [6, 6.07) is 8.40. The highest BCUT2D eigenvalue weighted by Crippen LogP contribution is 2.22. The lowest BCUT2D eigenvalue weighted by atomic mass is 10.0. The van der Waals surface area contributed by atoms with Gasteiger partial charge >= 0.3 is 0 Å².